The molecule has 0 saturated carbocycles. The molecule has 3 aromatic rings. The van der Waals surface area contributed by atoms with Crippen molar-refractivity contribution in [3.63, 3.8) is 0 Å². The highest BCUT2D eigenvalue weighted by Crippen LogP contribution is 2.33. The molecule has 0 aliphatic carbocycles. The average Bonchev–Trinajstić information content (AvgIpc) is 3.36. The Labute approximate surface area is 164 Å². The molecule has 0 N–H and O–H groups in total. The van der Waals surface area contributed by atoms with E-state index in [1.807, 2.05) is 48.2 Å². The van der Waals surface area contributed by atoms with Gasteiger partial charge in [0.25, 0.3) is 5.89 Å². The molecule has 2 heterocycles. The number of benzene rings is 2. The molecule has 1 aromatic heterocycles. The molecule has 0 spiro atoms. The normalized spacial score (nSPS) is 16.6. The minimum absolute atomic E-state index is 0.0827. The molecule has 0 bridgehead atoms. The van der Waals surface area contributed by atoms with Crippen molar-refractivity contribution < 1.29 is 14.1 Å². The topological polar surface area (TPSA) is 68.5 Å². The molecule has 2 aromatic carbocycles. The molecule has 1 amide bonds. The Morgan fingerprint density at radius 3 is 2.86 bits per heavy atom. The highest BCUT2D eigenvalue weighted by molar-refractivity contribution is 5.96. The third kappa shape index (κ3) is 3.50. The number of rotatable bonds is 6. The molecule has 1 saturated heterocycles. The van der Waals surface area contributed by atoms with E-state index in [2.05, 4.69) is 29.2 Å². The zero-order valence-electron chi connectivity index (χ0n) is 16.1. The second-order valence-corrected chi connectivity index (χ2v) is 6.82. The number of carbonyl (C=O) groups is 1. The summed E-state index contributed by atoms with van der Waals surface area (Å²) in [7, 11) is 0. The van der Waals surface area contributed by atoms with Crippen LogP contribution in [0.15, 0.2) is 53.1 Å². The van der Waals surface area contributed by atoms with Gasteiger partial charge in [-0.1, -0.05) is 36.3 Å². The van der Waals surface area contributed by atoms with Crippen molar-refractivity contribution in [3.05, 3.63) is 59.9 Å². The lowest BCUT2D eigenvalue weighted by atomic mass is 10.1. The number of amides is 1. The summed E-state index contributed by atoms with van der Waals surface area (Å²) < 4.78 is 11.1. The number of hydrogen-bond donors (Lipinski definition) is 0. The first-order chi connectivity index (χ1) is 13.7. The molecule has 144 valence electrons. The molecule has 6 heteroatoms. The first-order valence-corrected chi connectivity index (χ1v) is 9.64. The van der Waals surface area contributed by atoms with Gasteiger partial charge >= 0.3 is 0 Å². The quantitative estimate of drug-likeness (QED) is 0.643. The maximum atomic E-state index is 12.6. The van der Waals surface area contributed by atoms with E-state index in [-0.39, 0.29) is 11.8 Å². The number of carbonyl (C=O) groups excluding carboxylic acids is 1. The van der Waals surface area contributed by atoms with Crippen molar-refractivity contribution in [1.82, 2.24) is 10.1 Å². The number of para-hydroxylation sites is 1. The van der Waals surface area contributed by atoms with Gasteiger partial charge in [-0.15, -0.1) is 0 Å². The third-order valence-corrected chi connectivity index (χ3v) is 4.98. The predicted molar refractivity (Wildman–Crippen MR) is 106 cm³/mol. The smallest absolute Gasteiger partial charge is 0.261 e. The molecule has 6 nitrogen and oxygen atoms in total. The van der Waals surface area contributed by atoms with Crippen LogP contribution in [0.2, 0.25) is 0 Å². The van der Waals surface area contributed by atoms with E-state index in [0.717, 1.165) is 17.7 Å². The fraction of sp³-hybridized carbons (Fsp3) is 0.318. The van der Waals surface area contributed by atoms with E-state index >= 15 is 0 Å². The minimum atomic E-state index is -0.0884. The lowest BCUT2D eigenvalue weighted by Gasteiger charge is -2.17. The van der Waals surface area contributed by atoms with Crippen molar-refractivity contribution in [2.45, 2.75) is 32.6 Å². The lowest BCUT2D eigenvalue weighted by Crippen LogP contribution is -2.24. The zero-order valence-corrected chi connectivity index (χ0v) is 16.1. The molecule has 28 heavy (non-hydrogen) atoms. The summed E-state index contributed by atoms with van der Waals surface area (Å²) in [6.45, 7) is 5.15. The standard InChI is InChI=1S/C22H23N3O3/c1-3-15-8-7-9-17(12-15)25-14-16(13-20(25)26)21-23-22(28-24-21)18-10-5-6-11-19(18)27-4-2/h5-12,16H,3-4,13-14H2,1-2H3. The second kappa shape index (κ2) is 7.84. The molecule has 1 aliphatic heterocycles. The van der Waals surface area contributed by atoms with Crippen molar-refractivity contribution in [3.8, 4) is 17.2 Å². The van der Waals surface area contributed by atoms with E-state index in [1.54, 1.807) is 0 Å². The number of ether oxygens (including phenoxy) is 1. The van der Waals surface area contributed by atoms with Crippen LogP contribution < -0.4 is 9.64 Å². The maximum absolute atomic E-state index is 12.6. The second-order valence-electron chi connectivity index (χ2n) is 6.82. The average molecular weight is 377 g/mol. The number of nitrogens with zero attached hydrogens (tertiary/aromatic N) is 3. The van der Waals surface area contributed by atoms with Crippen LogP contribution in [-0.4, -0.2) is 29.2 Å². The molecule has 0 radical (unpaired) electrons. The van der Waals surface area contributed by atoms with Gasteiger partial charge in [-0.3, -0.25) is 4.79 Å². The van der Waals surface area contributed by atoms with E-state index in [0.29, 0.717) is 37.0 Å². The SMILES string of the molecule is CCOc1ccccc1-c1nc(C2CC(=O)N(c3cccc(CC)c3)C2)no1. The predicted octanol–water partition coefficient (Wildman–Crippen LogP) is 4.22. The van der Waals surface area contributed by atoms with Gasteiger partial charge in [-0.2, -0.15) is 4.98 Å². The first-order valence-electron chi connectivity index (χ1n) is 9.64. The van der Waals surface area contributed by atoms with Gasteiger partial charge in [-0.05, 0) is 43.2 Å². The Balaban J connectivity index is 1.56. The van der Waals surface area contributed by atoms with Crippen molar-refractivity contribution in [2.75, 3.05) is 18.1 Å². The highest BCUT2D eigenvalue weighted by Gasteiger charge is 2.34. The van der Waals surface area contributed by atoms with Gasteiger partial charge in [0.1, 0.15) is 5.75 Å². The molecule has 1 fully saturated rings. The van der Waals surface area contributed by atoms with Crippen LogP contribution in [0.5, 0.6) is 5.75 Å². The first kappa shape index (κ1) is 18.2. The van der Waals surface area contributed by atoms with Crippen LogP contribution in [0.3, 0.4) is 0 Å². The Morgan fingerprint density at radius 1 is 1.18 bits per heavy atom. The molecule has 1 aliphatic rings. The number of anilines is 1. The van der Waals surface area contributed by atoms with Gasteiger partial charge in [0.05, 0.1) is 12.2 Å². The van der Waals surface area contributed by atoms with Crippen molar-refractivity contribution in [1.29, 1.82) is 0 Å². The largest absolute Gasteiger partial charge is 0.493 e. The minimum Gasteiger partial charge on any atom is -0.493 e. The monoisotopic (exact) mass is 377 g/mol. The summed E-state index contributed by atoms with van der Waals surface area (Å²) in [4.78, 5) is 19.0. The van der Waals surface area contributed by atoms with Crippen LogP contribution in [0.1, 0.15) is 37.6 Å². The Bertz CT molecular complexity index is 982. The van der Waals surface area contributed by atoms with E-state index in [4.69, 9.17) is 9.26 Å². The molecule has 1 unspecified atom stereocenters. The number of hydrogen-bond acceptors (Lipinski definition) is 5. The summed E-state index contributed by atoms with van der Waals surface area (Å²) in [6.07, 6.45) is 1.31. The molecule has 4 rings (SSSR count). The van der Waals surface area contributed by atoms with Crippen LogP contribution in [0.4, 0.5) is 5.69 Å². The maximum Gasteiger partial charge on any atom is 0.261 e. The molecular weight excluding hydrogens is 354 g/mol. The van der Waals surface area contributed by atoms with Crippen LogP contribution in [0, 0.1) is 0 Å². The Morgan fingerprint density at radius 2 is 2.04 bits per heavy atom. The summed E-state index contributed by atoms with van der Waals surface area (Å²) in [5.74, 6) is 1.68. The summed E-state index contributed by atoms with van der Waals surface area (Å²) in [5, 5.41) is 4.15. The molecule has 1 atom stereocenters. The lowest BCUT2D eigenvalue weighted by molar-refractivity contribution is -0.117. The number of aryl methyl sites for hydroxylation is 1. The van der Waals surface area contributed by atoms with Crippen LogP contribution in [0.25, 0.3) is 11.5 Å². The van der Waals surface area contributed by atoms with Crippen LogP contribution in [-0.2, 0) is 11.2 Å². The van der Waals surface area contributed by atoms with Gasteiger partial charge in [0.15, 0.2) is 5.82 Å². The Kier molecular flexibility index (Phi) is 5.10. The molecular formula is C22H23N3O3. The third-order valence-electron chi connectivity index (χ3n) is 4.98. The van der Waals surface area contributed by atoms with Gasteiger partial charge in [-0.25, -0.2) is 0 Å². The summed E-state index contributed by atoms with van der Waals surface area (Å²) >= 11 is 0. The van der Waals surface area contributed by atoms with Gasteiger partial charge in [0, 0.05) is 24.6 Å². The fourth-order valence-electron chi connectivity index (χ4n) is 3.51. The van der Waals surface area contributed by atoms with Crippen molar-refractivity contribution in [2.24, 2.45) is 0 Å². The Hall–Kier alpha value is -3.15. The zero-order chi connectivity index (χ0) is 19.5. The van der Waals surface area contributed by atoms with E-state index in [9.17, 15) is 4.79 Å². The van der Waals surface area contributed by atoms with E-state index < -0.39 is 0 Å². The van der Waals surface area contributed by atoms with E-state index in [1.165, 1.54) is 5.56 Å². The number of aromatic nitrogens is 2. The summed E-state index contributed by atoms with van der Waals surface area (Å²) in [6, 6.07) is 15.7. The highest BCUT2D eigenvalue weighted by atomic mass is 16.5. The van der Waals surface area contributed by atoms with Gasteiger partial charge < -0.3 is 14.2 Å². The summed E-state index contributed by atoms with van der Waals surface area (Å²) in [5.41, 5.74) is 2.90. The van der Waals surface area contributed by atoms with Gasteiger partial charge in [0.2, 0.25) is 5.91 Å². The van der Waals surface area contributed by atoms with Crippen LogP contribution >= 0.6 is 0 Å². The fourth-order valence-corrected chi connectivity index (χ4v) is 3.51. The van der Waals surface area contributed by atoms with Crippen molar-refractivity contribution >= 4 is 11.6 Å².